The normalized spacial score (nSPS) is 10.1. The molecule has 0 aliphatic carbocycles. The van der Waals surface area contributed by atoms with E-state index in [4.69, 9.17) is 0 Å². The van der Waals surface area contributed by atoms with Crippen molar-refractivity contribution in [2.24, 2.45) is 0 Å². The Morgan fingerprint density at radius 2 is 1.68 bits per heavy atom. The lowest BCUT2D eigenvalue weighted by molar-refractivity contribution is -0.136. The minimum Gasteiger partial charge on any atom is -0.344 e. The predicted molar refractivity (Wildman–Crippen MR) is 90.5 cm³/mol. The first-order valence-corrected chi connectivity index (χ1v) is 7.66. The number of amides is 2. The number of benzene rings is 2. The quantitative estimate of drug-likeness (QED) is 0.824. The summed E-state index contributed by atoms with van der Waals surface area (Å²) in [5, 5.41) is 5.19. The summed E-state index contributed by atoms with van der Waals surface area (Å²) in [6, 6.07) is 13.1. The number of nitrogens with one attached hydrogen (secondary N) is 2. The van der Waals surface area contributed by atoms with Gasteiger partial charge in [-0.3, -0.25) is 9.59 Å². The van der Waals surface area contributed by atoms with Crippen molar-refractivity contribution >= 4 is 33.4 Å². The second-order valence-electron chi connectivity index (χ2n) is 5.09. The molecular weight excluding hydrogens is 344 g/mol. The van der Waals surface area contributed by atoms with Crippen molar-refractivity contribution in [3.8, 4) is 0 Å². The molecule has 0 radical (unpaired) electrons. The summed E-state index contributed by atoms with van der Waals surface area (Å²) in [6.07, 6.45) is 0. The van der Waals surface area contributed by atoms with Crippen LogP contribution in [0.3, 0.4) is 0 Å². The third-order valence-electron chi connectivity index (χ3n) is 3.20. The summed E-state index contributed by atoms with van der Waals surface area (Å²) in [4.78, 5) is 23.7. The van der Waals surface area contributed by atoms with E-state index in [9.17, 15) is 9.59 Å². The van der Waals surface area contributed by atoms with Crippen molar-refractivity contribution in [2.75, 3.05) is 5.32 Å². The van der Waals surface area contributed by atoms with E-state index in [0.29, 0.717) is 12.2 Å². The zero-order valence-electron chi connectivity index (χ0n) is 12.4. The summed E-state index contributed by atoms with van der Waals surface area (Å²) in [5.41, 5.74) is 3.68. The molecule has 2 rings (SSSR count). The molecule has 0 aliphatic rings. The number of rotatable bonds is 3. The molecule has 5 heteroatoms. The van der Waals surface area contributed by atoms with Gasteiger partial charge < -0.3 is 10.6 Å². The molecule has 2 aromatic rings. The largest absolute Gasteiger partial charge is 0.344 e. The standard InChI is InChI=1S/C17H17BrN2O2/c1-11-3-5-13(6-4-11)10-19-16(21)17(22)20-14-7-8-15(18)12(2)9-14/h3-9H,10H2,1-2H3,(H,19,21)(H,20,22). The van der Waals surface area contributed by atoms with Gasteiger partial charge in [-0.2, -0.15) is 0 Å². The van der Waals surface area contributed by atoms with Gasteiger partial charge in [-0.1, -0.05) is 45.8 Å². The van der Waals surface area contributed by atoms with E-state index in [1.807, 2.05) is 44.2 Å². The molecule has 0 bridgehead atoms. The summed E-state index contributed by atoms with van der Waals surface area (Å²) >= 11 is 3.39. The smallest absolute Gasteiger partial charge is 0.313 e. The number of carbonyl (C=O) groups is 2. The second-order valence-corrected chi connectivity index (χ2v) is 5.94. The first-order valence-electron chi connectivity index (χ1n) is 6.86. The first kappa shape index (κ1) is 16.2. The minimum absolute atomic E-state index is 0.325. The highest BCUT2D eigenvalue weighted by Gasteiger charge is 2.13. The van der Waals surface area contributed by atoms with Crippen molar-refractivity contribution in [3.05, 3.63) is 63.6 Å². The average molecular weight is 361 g/mol. The first-order chi connectivity index (χ1) is 10.5. The molecule has 2 N–H and O–H groups in total. The predicted octanol–water partition coefficient (Wildman–Crippen LogP) is 3.32. The van der Waals surface area contributed by atoms with Gasteiger partial charge in [0, 0.05) is 16.7 Å². The molecule has 0 fully saturated rings. The fourth-order valence-corrected chi connectivity index (χ4v) is 2.13. The third-order valence-corrected chi connectivity index (χ3v) is 4.09. The number of aryl methyl sites for hydroxylation is 2. The summed E-state index contributed by atoms with van der Waals surface area (Å²) in [5.74, 6) is -1.32. The van der Waals surface area contributed by atoms with Crippen LogP contribution in [0, 0.1) is 13.8 Å². The molecule has 4 nitrogen and oxygen atoms in total. The van der Waals surface area contributed by atoms with Gasteiger partial charge in [-0.25, -0.2) is 0 Å². The Morgan fingerprint density at radius 3 is 2.32 bits per heavy atom. The molecule has 2 aromatic carbocycles. The van der Waals surface area contributed by atoms with Crippen LogP contribution >= 0.6 is 15.9 Å². The van der Waals surface area contributed by atoms with Gasteiger partial charge in [0.05, 0.1) is 0 Å². The molecule has 0 saturated heterocycles. The van der Waals surface area contributed by atoms with E-state index < -0.39 is 11.8 Å². The van der Waals surface area contributed by atoms with E-state index in [0.717, 1.165) is 21.2 Å². The number of carbonyl (C=O) groups excluding carboxylic acids is 2. The van der Waals surface area contributed by atoms with Crippen LogP contribution in [0.2, 0.25) is 0 Å². The SMILES string of the molecule is Cc1ccc(CNC(=O)C(=O)Nc2ccc(Br)c(C)c2)cc1. The number of anilines is 1. The summed E-state index contributed by atoms with van der Waals surface area (Å²) < 4.78 is 0.953. The lowest BCUT2D eigenvalue weighted by Gasteiger charge is -2.08. The highest BCUT2D eigenvalue weighted by Crippen LogP contribution is 2.19. The molecule has 0 heterocycles. The zero-order chi connectivity index (χ0) is 16.1. The number of hydrogen-bond donors (Lipinski definition) is 2. The molecule has 0 atom stereocenters. The maximum atomic E-state index is 11.8. The Morgan fingerprint density at radius 1 is 1.00 bits per heavy atom. The molecular formula is C17H17BrN2O2. The van der Waals surface area contributed by atoms with Crippen LogP contribution in [0.25, 0.3) is 0 Å². The number of hydrogen-bond acceptors (Lipinski definition) is 2. The fourth-order valence-electron chi connectivity index (χ4n) is 1.88. The third kappa shape index (κ3) is 4.43. The van der Waals surface area contributed by atoms with Crippen LogP contribution in [0.15, 0.2) is 46.9 Å². The Bertz CT molecular complexity index is 696. The van der Waals surface area contributed by atoms with Gasteiger partial charge in [0.25, 0.3) is 0 Å². The van der Waals surface area contributed by atoms with Gasteiger partial charge >= 0.3 is 11.8 Å². The van der Waals surface area contributed by atoms with Crippen LogP contribution in [0.4, 0.5) is 5.69 Å². The van der Waals surface area contributed by atoms with Crippen molar-refractivity contribution in [1.29, 1.82) is 0 Å². The topological polar surface area (TPSA) is 58.2 Å². The van der Waals surface area contributed by atoms with Crippen LogP contribution < -0.4 is 10.6 Å². The zero-order valence-corrected chi connectivity index (χ0v) is 14.0. The molecule has 2 amide bonds. The van der Waals surface area contributed by atoms with E-state index in [1.54, 1.807) is 12.1 Å². The molecule has 0 spiro atoms. The summed E-state index contributed by atoms with van der Waals surface area (Å²) in [6.45, 7) is 4.24. The highest BCUT2D eigenvalue weighted by atomic mass is 79.9. The molecule has 0 unspecified atom stereocenters. The molecule has 22 heavy (non-hydrogen) atoms. The van der Waals surface area contributed by atoms with Gasteiger partial charge in [0.1, 0.15) is 0 Å². The molecule has 0 aromatic heterocycles. The monoisotopic (exact) mass is 360 g/mol. The minimum atomic E-state index is -0.672. The lowest BCUT2D eigenvalue weighted by atomic mass is 10.1. The Kier molecular flexibility index (Phi) is 5.33. The summed E-state index contributed by atoms with van der Waals surface area (Å²) in [7, 11) is 0. The van der Waals surface area contributed by atoms with Gasteiger partial charge in [-0.15, -0.1) is 0 Å². The lowest BCUT2D eigenvalue weighted by Crippen LogP contribution is -2.34. The van der Waals surface area contributed by atoms with Crippen LogP contribution in [0.1, 0.15) is 16.7 Å². The Hall–Kier alpha value is -2.14. The van der Waals surface area contributed by atoms with E-state index >= 15 is 0 Å². The van der Waals surface area contributed by atoms with Crippen molar-refractivity contribution in [1.82, 2.24) is 5.32 Å². The highest BCUT2D eigenvalue weighted by molar-refractivity contribution is 9.10. The van der Waals surface area contributed by atoms with Crippen LogP contribution in [-0.2, 0) is 16.1 Å². The maximum Gasteiger partial charge on any atom is 0.313 e. The average Bonchev–Trinajstić information content (AvgIpc) is 2.50. The van der Waals surface area contributed by atoms with Crippen LogP contribution in [0.5, 0.6) is 0 Å². The van der Waals surface area contributed by atoms with E-state index in [-0.39, 0.29) is 0 Å². The van der Waals surface area contributed by atoms with Gasteiger partial charge in [-0.05, 0) is 43.2 Å². The Labute approximate surface area is 138 Å². The maximum absolute atomic E-state index is 11.8. The van der Waals surface area contributed by atoms with Crippen molar-refractivity contribution < 1.29 is 9.59 Å². The van der Waals surface area contributed by atoms with Gasteiger partial charge in [0.15, 0.2) is 0 Å². The fraction of sp³-hybridized carbons (Fsp3) is 0.176. The van der Waals surface area contributed by atoms with Crippen molar-refractivity contribution in [2.45, 2.75) is 20.4 Å². The van der Waals surface area contributed by atoms with Crippen molar-refractivity contribution in [3.63, 3.8) is 0 Å². The molecule has 0 saturated carbocycles. The second kappa shape index (κ2) is 7.22. The van der Waals surface area contributed by atoms with Crippen LogP contribution in [-0.4, -0.2) is 11.8 Å². The molecule has 114 valence electrons. The number of halogens is 1. The molecule has 0 aliphatic heterocycles. The van der Waals surface area contributed by atoms with E-state index in [1.165, 1.54) is 0 Å². The van der Waals surface area contributed by atoms with E-state index in [2.05, 4.69) is 26.6 Å². The van der Waals surface area contributed by atoms with Gasteiger partial charge in [0.2, 0.25) is 0 Å². The Balaban J connectivity index is 1.90.